The van der Waals surface area contributed by atoms with E-state index in [0.717, 1.165) is 5.69 Å². The summed E-state index contributed by atoms with van der Waals surface area (Å²) in [6, 6.07) is 8.68. The summed E-state index contributed by atoms with van der Waals surface area (Å²) >= 11 is 12.1. The first-order valence-corrected chi connectivity index (χ1v) is 14.0. The lowest BCUT2D eigenvalue weighted by molar-refractivity contribution is -0.134. The van der Waals surface area contributed by atoms with Crippen LogP contribution in [0.1, 0.15) is 45.0 Å². The summed E-state index contributed by atoms with van der Waals surface area (Å²) in [6.45, 7) is 13.1. The second-order valence-electron chi connectivity index (χ2n) is 9.11. The van der Waals surface area contributed by atoms with Crippen molar-refractivity contribution in [3.8, 4) is 17.2 Å². The van der Waals surface area contributed by atoms with Crippen LogP contribution in [0.25, 0.3) is 0 Å². The van der Waals surface area contributed by atoms with E-state index in [-0.39, 0.29) is 16.9 Å². The highest BCUT2D eigenvalue weighted by molar-refractivity contribution is 7.80. The van der Waals surface area contributed by atoms with Crippen molar-refractivity contribution >= 4 is 52.1 Å². The van der Waals surface area contributed by atoms with E-state index in [9.17, 15) is 9.59 Å². The normalized spacial score (nSPS) is 13.2. The minimum atomic E-state index is -0.429. The Hall–Kier alpha value is -3.24. The molecule has 9 nitrogen and oxygen atoms in total. The summed E-state index contributed by atoms with van der Waals surface area (Å²) < 4.78 is 17.2. The lowest BCUT2D eigenvalue weighted by Gasteiger charge is -2.38. The number of ether oxygens (including phenoxy) is 3. The van der Waals surface area contributed by atoms with Crippen LogP contribution in [0.3, 0.4) is 0 Å². The predicted molar refractivity (Wildman–Crippen MR) is 159 cm³/mol. The second kappa shape index (κ2) is 14.2. The molecule has 1 heterocycles. The van der Waals surface area contributed by atoms with Gasteiger partial charge in [-0.1, -0.05) is 31.5 Å². The molecule has 0 aliphatic carbocycles. The number of nitrogens with one attached hydrogen (secondary N) is 2. The molecule has 0 atom stereocenters. The van der Waals surface area contributed by atoms with E-state index in [4.69, 9.17) is 38.0 Å². The molecule has 2 N–H and O–H groups in total. The summed E-state index contributed by atoms with van der Waals surface area (Å²) in [5, 5.41) is 6.51. The van der Waals surface area contributed by atoms with E-state index in [1.165, 1.54) is 0 Å². The van der Waals surface area contributed by atoms with Gasteiger partial charge in [-0.3, -0.25) is 14.9 Å². The number of rotatable bonds is 10. The van der Waals surface area contributed by atoms with Crippen LogP contribution in [0.4, 0.5) is 11.4 Å². The van der Waals surface area contributed by atoms with Crippen molar-refractivity contribution in [1.82, 2.24) is 10.2 Å². The van der Waals surface area contributed by atoms with Crippen LogP contribution in [0.15, 0.2) is 30.3 Å². The number of amides is 2. The van der Waals surface area contributed by atoms with Crippen molar-refractivity contribution < 1.29 is 23.8 Å². The molecule has 212 valence electrons. The Morgan fingerprint density at radius 2 is 1.56 bits per heavy atom. The van der Waals surface area contributed by atoms with E-state index in [0.29, 0.717) is 79.5 Å². The highest BCUT2D eigenvalue weighted by Gasteiger charge is 2.26. The number of carbonyl (C=O) groups excluding carboxylic acids is 2. The average molecular weight is 577 g/mol. The monoisotopic (exact) mass is 576 g/mol. The molecule has 0 saturated carbocycles. The summed E-state index contributed by atoms with van der Waals surface area (Å²) in [5.74, 6) is 0.965. The molecule has 1 saturated heterocycles. The molecule has 2 amide bonds. The van der Waals surface area contributed by atoms with Gasteiger partial charge in [0.2, 0.25) is 11.7 Å². The average Bonchev–Trinajstić information content (AvgIpc) is 2.90. The zero-order chi connectivity index (χ0) is 28.5. The zero-order valence-electron chi connectivity index (χ0n) is 23.1. The van der Waals surface area contributed by atoms with Gasteiger partial charge in [-0.05, 0) is 57.3 Å². The van der Waals surface area contributed by atoms with Gasteiger partial charge in [0.05, 0.1) is 36.2 Å². The van der Waals surface area contributed by atoms with Crippen LogP contribution in [-0.2, 0) is 4.79 Å². The third kappa shape index (κ3) is 7.67. The number of thiocarbonyl (C=S) groups is 1. The molecule has 3 rings (SSSR count). The molecular formula is C28H37ClN4O5S. The van der Waals surface area contributed by atoms with Crippen molar-refractivity contribution in [3.05, 3.63) is 40.9 Å². The van der Waals surface area contributed by atoms with Gasteiger partial charge in [0.25, 0.3) is 5.91 Å². The van der Waals surface area contributed by atoms with Gasteiger partial charge in [-0.15, -0.1) is 0 Å². The number of hydrogen-bond acceptors (Lipinski definition) is 7. The maximum absolute atomic E-state index is 13.2. The second-order valence-corrected chi connectivity index (χ2v) is 9.93. The molecule has 0 unspecified atom stereocenters. The molecule has 0 bridgehead atoms. The maximum atomic E-state index is 13.2. The first-order valence-electron chi connectivity index (χ1n) is 13.2. The van der Waals surface area contributed by atoms with Gasteiger partial charge < -0.3 is 29.3 Å². The Morgan fingerprint density at radius 1 is 0.974 bits per heavy atom. The molecule has 2 aromatic carbocycles. The number of nitrogens with zero attached hydrogens (tertiary/aromatic N) is 2. The third-order valence-electron chi connectivity index (χ3n) is 6.03. The van der Waals surface area contributed by atoms with E-state index < -0.39 is 5.91 Å². The Morgan fingerprint density at radius 3 is 2.10 bits per heavy atom. The van der Waals surface area contributed by atoms with E-state index in [1.807, 2.05) is 51.7 Å². The van der Waals surface area contributed by atoms with Gasteiger partial charge in [0, 0.05) is 37.7 Å². The Bertz CT molecular complexity index is 1160. The van der Waals surface area contributed by atoms with Crippen LogP contribution in [-0.4, -0.2) is 67.8 Å². The van der Waals surface area contributed by atoms with Crippen LogP contribution in [0.2, 0.25) is 5.02 Å². The van der Waals surface area contributed by atoms with Gasteiger partial charge in [0.1, 0.15) is 0 Å². The maximum Gasteiger partial charge on any atom is 0.257 e. The first-order chi connectivity index (χ1) is 18.7. The summed E-state index contributed by atoms with van der Waals surface area (Å²) in [5.41, 5.74) is 1.74. The highest BCUT2D eigenvalue weighted by Crippen LogP contribution is 2.39. The van der Waals surface area contributed by atoms with Crippen LogP contribution in [0, 0.1) is 5.92 Å². The number of para-hydroxylation sites is 1. The van der Waals surface area contributed by atoms with E-state index >= 15 is 0 Å². The van der Waals surface area contributed by atoms with Gasteiger partial charge >= 0.3 is 0 Å². The van der Waals surface area contributed by atoms with Crippen molar-refractivity contribution in [2.24, 2.45) is 5.92 Å². The molecule has 0 aromatic heterocycles. The number of halogens is 1. The summed E-state index contributed by atoms with van der Waals surface area (Å²) in [7, 11) is 0. The standard InChI is InChI=1S/C28H37ClN4O5S/c1-6-36-22-16-19(17-23(37-7-2)25(22)38-8-3)26(34)31-28(39)30-21-11-9-10-20(29)24(21)32-12-14-33(15-13-32)27(35)18(4)5/h9-11,16-18H,6-8,12-15H2,1-5H3,(H2,30,31,34,39). The quantitative estimate of drug-likeness (QED) is 0.383. The molecule has 0 radical (unpaired) electrons. The minimum absolute atomic E-state index is 0.0420. The first kappa shape index (κ1) is 30.3. The number of hydrogen-bond donors (Lipinski definition) is 2. The molecular weight excluding hydrogens is 540 g/mol. The molecule has 39 heavy (non-hydrogen) atoms. The lowest BCUT2D eigenvalue weighted by Crippen LogP contribution is -2.50. The Balaban J connectivity index is 1.76. The SMILES string of the molecule is CCOc1cc(C(=O)NC(=S)Nc2cccc(Cl)c2N2CCN(C(=O)C(C)C)CC2)cc(OCC)c1OCC. The molecule has 11 heteroatoms. The lowest BCUT2D eigenvalue weighted by atomic mass is 10.1. The zero-order valence-corrected chi connectivity index (χ0v) is 24.7. The Kier molecular flexibility index (Phi) is 11.1. The van der Waals surface area contributed by atoms with Crippen molar-refractivity contribution in [2.45, 2.75) is 34.6 Å². The minimum Gasteiger partial charge on any atom is -0.490 e. The fourth-order valence-corrected chi connectivity index (χ4v) is 4.80. The molecule has 1 fully saturated rings. The van der Waals surface area contributed by atoms with Crippen LogP contribution in [0.5, 0.6) is 17.2 Å². The number of anilines is 2. The Labute approximate surface area is 240 Å². The number of carbonyl (C=O) groups is 2. The number of benzene rings is 2. The van der Waals surface area contributed by atoms with Crippen molar-refractivity contribution in [1.29, 1.82) is 0 Å². The fraction of sp³-hybridized carbons (Fsp3) is 0.464. The van der Waals surface area contributed by atoms with Crippen LogP contribution < -0.4 is 29.7 Å². The van der Waals surface area contributed by atoms with Gasteiger partial charge in [-0.25, -0.2) is 0 Å². The predicted octanol–water partition coefficient (Wildman–Crippen LogP) is 4.97. The van der Waals surface area contributed by atoms with Crippen molar-refractivity contribution in [2.75, 3.05) is 56.2 Å². The summed E-state index contributed by atoms with van der Waals surface area (Å²) in [4.78, 5) is 29.6. The van der Waals surface area contributed by atoms with Gasteiger partial charge in [-0.2, -0.15) is 0 Å². The summed E-state index contributed by atoms with van der Waals surface area (Å²) in [6.07, 6.45) is 0. The van der Waals surface area contributed by atoms with E-state index in [2.05, 4.69) is 15.5 Å². The van der Waals surface area contributed by atoms with Crippen molar-refractivity contribution in [3.63, 3.8) is 0 Å². The smallest absolute Gasteiger partial charge is 0.257 e. The molecule has 1 aliphatic heterocycles. The largest absolute Gasteiger partial charge is 0.490 e. The topological polar surface area (TPSA) is 92.4 Å². The van der Waals surface area contributed by atoms with Gasteiger partial charge in [0.15, 0.2) is 16.6 Å². The fourth-order valence-electron chi connectivity index (χ4n) is 4.30. The molecule has 1 aliphatic rings. The molecule has 0 spiro atoms. The number of piperazine rings is 1. The molecule has 2 aromatic rings. The highest BCUT2D eigenvalue weighted by atomic mass is 35.5. The third-order valence-corrected chi connectivity index (χ3v) is 6.54. The van der Waals surface area contributed by atoms with Crippen LogP contribution >= 0.6 is 23.8 Å². The van der Waals surface area contributed by atoms with E-state index in [1.54, 1.807) is 18.2 Å².